The van der Waals surface area contributed by atoms with Crippen LogP contribution in [0.4, 0.5) is 0 Å². The van der Waals surface area contributed by atoms with Crippen molar-refractivity contribution in [3.63, 3.8) is 0 Å². The zero-order valence-corrected chi connectivity index (χ0v) is 16.5. The standard InChI is InChI=1S/C19H20N2O3S2/c1-12-21-19(16-5-4-8-25-16)17(26-12)10-18(22)20-11-13-6-7-14(23-2)15(9-13)24-3/h4-9H,10-11H2,1-3H3,(H,20,22). The Morgan fingerprint density at radius 2 is 2.00 bits per heavy atom. The summed E-state index contributed by atoms with van der Waals surface area (Å²) in [5.41, 5.74) is 1.87. The number of ether oxygens (including phenoxy) is 2. The summed E-state index contributed by atoms with van der Waals surface area (Å²) in [6, 6.07) is 9.64. The molecule has 0 fully saturated rings. The number of aryl methyl sites for hydroxylation is 1. The first-order valence-electron chi connectivity index (χ1n) is 8.08. The van der Waals surface area contributed by atoms with Gasteiger partial charge in [-0.05, 0) is 36.1 Å². The second-order valence-corrected chi connectivity index (χ2v) is 7.86. The molecule has 0 saturated carbocycles. The molecule has 7 heteroatoms. The van der Waals surface area contributed by atoms with Gasteiger partial charge in [-0.15, -0.1) is 22.7 Å². The van der Waals surface area contributed by atoms with Crippen molar-refractivity contribution in [2.75, 3.05) is 14.2 Å². The number of hydrogen-bond donors (Lipinski definition) is 1. The molecule has 0 saturated heterocycles. The van der Waals surface area contributed by atoms with E-state index in [2.05, 4.69) is 10.3 Å². The molecule has 1 N–H and O–H groups in total. The molecular formula is C19H20N2O3S2. The van der Waals surface area contributed by atoms with E-state index in [1.807, 2.05) is 42.6 Å². The van der Waals surface area contributed by atoms with Gasteiger partial charge in [0.1, 0.15) is 0 Å². The summed E-state index contributed by atoms with van der Waals surface area (Å²) >= 11 is 3.21. The van der Waals surface area contributed by atoms with Crippen molar-refractivity contribution in [3.8, 4) is 22.1 Å². The van der Waals surface area contributed by atoms with Gasteiger partial charge < -0.3 is 14.8 Å². The van der Waals surface area contributed by atoms with Crippen LogP contribution >= 0.6 is 22.7 Å². The molecule has 0 unspecified atom stereocenters. The molecule has 3 rings (SSSR count). The van der Waals surface area contributed by atoms with Gasteiger partial charge in [-0.25, -0.2) is 4.98 Å². The maximum atomic E-state index is 12.4. The number of hydrogen-bond acceptors (Lipinski definition) is 6. The normalized spacial score (nSPS) is 10.6. The van der Waals surface area contributed by atoms with Crippen molar-refractivity contribution >= 4 is 28.6 Å². The van der Waals surface area contributed by atoms with Crippen LogP contribution < -0.4 is 14.8 Å². The lowest BCUT2D eigenvalue weighted by Gasteiger charge is -2.10. The Kier molecular flexibility index (Phi) is 5.90. The van der Waals surface area contributed by atoms with Gasteiger partial charge in [0.15, 0.2) is 11.5 Å². The number of amides is 1. The summed E-state index contributed by atoms with van der Waals surface area (Å²) in [7, 11) is 3.19. The van der Waals surface area contributed by atoms with E-state index in [0.717, 1.165) is 26.0 Å². The third-order valence-electron chi connectivity index (χ3n) is 3.82. The molecule has 0 aliphatic heterocycles. The summed E-state index contributed by atoms with van der Waals surface area (Å²) in [5.74, 6) is 1.29. The van der Waals surface area contributed by atoms with Crippen LogP contribution in [0, 0.1) is 6.92 Å². The number of methoxy groups -OCH3 is 2. The molecule has 5 nitrogen and oxygen atoms in total. The number of rotatable bonds is 7. The molecule has 1 amide bonds. The highest BCUT2D eigenvalue weighted by Crippen LogP contribution is 2.31. The number of carbonyl (C=O) groups excluding carboxylic acids is 1. The highest BCUT2D eigenvalue weighted by atomic mass is 32.1. The lowest BCUT2D eigenvalue weighted by Crippen LogP contribution is -2.24. The molecule has 0 bridgehead atoms. The van der Waals surface area contributed by atoms with Crippen molar-refractivity contribution < 1.29 is 14.3 Å². The zero-order chi connectivity index (χ0) is 18.5. The fourth-order valence-corrected chi connectivity index (χ4v) is 4.35. The van der Waals surface area contributed by atoms with Crippen molar-refractivity contribution in [2.24, 2.45) is 0 Å². The zero-order valence-electron chi connectivity index (χ0n) is 14.9. The van der Waals surface area contributed by atoms with E-state index in [0.29, 0.717) is 24.5 Å². The minimum absolute atomic E-state index is 0.0266. The average molecular weight is 389 g/mol. The minimum Gasteiger partial charge on any atom is -0.493 e. The minimum atomic E-state index is -0.0266. The fraction of sp³-hybridized carbons (Fsp3) is 0.263. The molecule has 26 heavy (non-hydrogen) atoms. The Labute approximate surface area is 160 Å². The highest BCUT2D eigenvalue weighted by molar-refractivity contribution is 7.15. The number of nitrogens with zero attached hydrogens (tertiary/aromatic N) is 1. The SMILES string of the molecule is COc1ccc(CNC(=O)Cc2sc(C)nc2-c2cccs2)cc1OC. The summed E-state index contributed by atoms with van der Waals surface area (Å²) in [6.07, 6.45) is 0.325. The lowest BCUT2D eigenvalue weighted by atomic mass is 10.2. The predicted octanol–water partition coefficient (Wildman–Crippen LogP) is 4.06. The fourth-order valence-electron chi connectivity index (χ4n) is 2.59. The second kappa shape index (κ2) is 8.33. The van der Waals surface area contributed by atoms with E-state index in [1.54, 1.807) is 36.9 Å². The summed E-state index contributed by atoms with van der Waals surface area (Å²) in [4.78, 5) is 19.1. The molecule has 2 heterocycles. The second-order valence-electron chi connectivity index (χ2n) is 5.62. The largest absolute Gasteiger partial charge is 0.493 e. The van der Waals surface area contributed by atoms with Crippen LogP contribution in [0.1, 0.15) is 15.4 Å². The number of carbonyl (C=O) groups is 1. The number of thiophene rings is 1. The molecule has 0 spiro atoms. The van der Waals surface area contributed by atoms with E-state index >= 15 is 0 Å². The van der Waals surface area contributed by atoms with Crippen molar-refractivity contribution in [3.05, 3.63) is 51.2 Å². The molecular weight excluding hydrogens is 368 g/mol. The number of aromatic nitrogens is 1. The van der Waals surface area contributed by atoms with Crippen LogP contribution in [0.15, 0.2) is 35.7 Å². The molecule has 1 aromatic carbocycles. The molecule has 0 aliphatic carbocycles. The van der Waals surface area contributed by atoms with Crippen LogP contribution in [0.5, 0.6) is 11.5 Å². The van der Waals surface area contributed by atoms with Crippen LogP contribution in [0.3, 0.4) is 0 Å². The van der Waals surface area contributed by atoms with Gasteiger partial charge in [0.25, 0.3) is 0 Å². The summed E-state index contributed by atoms with van der Waals surface area (Å²) < 4.78 is 10.5. The van der Waals surface area contributed by atoms with Gasteiger partial charge in [0, 0.05) is 11.4 Å². The van der Waals surface area contributed by atoms with E-state index in [9.17, 15) is 4.79 Å². The van der Waals surface area contributed by atoms with Gasteiger partial charge in [-0.3, -0.25) is 4.79 Å². The average Bonchev–Trinajstić information content (AvgIpc) is 3.29. The number of thiazole rings is 1. The smallest absolute Gasteiger partial charge is 0.225 e. The molecule has 0 aliphatic rings. The summed E-state index contributed by atoms with van der Waals surface area (Å²) in [6.45, 7) is 2.40. The van der Waals surface area contributed by atoms with E-state index in [-0.39, 0.29) is 5.91 Å². The topological polar surface area (TPSA) is 60.5 Å². The quantitative estimate of drug-likeness (QED) is 0.663. The first-order chi connectivity index (χ1) is 12.6. The first kappa shape index (κ1) is 18.4. The van der Waals surface area contributed by atoms with Crippen LogP contribution in [-0.4, -0.2) is 25.1 Å². The third kappa shape index (κ3) is 4.23. The maximum Gasteiger partial charge on any atom is 0.225 e. The Morgan fingerprint density at radius 3 is 2.69 bits per heavy atom. The van der Waals surface area contributed by atoms with Gasteiger partial charge in [0.2, 0.25) is 5.91 Å². The third-order valence-corrected chi connectivity index (χ3v) is 5.66. The Morgan fingerprint density at radius 1 is 1.19 bits per heavy atom. The van der Waals surface area contributed by atoms with Gasteiger partial charge >= 0.3 is 0 Å². The molecule has 0 radical (unpaired) electrons. The Bertz CT molecular complexity index is 888. The van der Waals surface area contributed by atoms with Crippen molar-refractivity contribution in [1.82, 2.24) is 10.3 Å². The van der Waals surface area contributed by atoms with E-state index < -0.39 is 0 Å². The van der Waals surface area contributed by atoms with E-state index in [1.165, 1.54) is 0 Å². The lowest BCUT2D eigenvalue weighted by molar-refractivity contribution is -0.120. The number of nitrogens with one attached hydrogen (secondary N) is 1. The summed E-state index contributed by atoms with van der Waals surface area (Å²) in [5, 5.41) is 5.95. The highest BCUT2D eigenvalue weighted by Gasteiger charge is 2.15. The maximum absolute atomic E-state index is 12.4. The van der Waals surface area contributed by atoms with Crippen LogP contribution in [-0.2, 0) is 17.8 Å². The molecule has 136 valence electrons. The van der Waals surface area contributed by atoms with Crippen LogP contribution in [0.2, 0.25) is 0 Å². The number of benzene rings is 1. The van der Waals surface area contributed by atoms with Crippen LogP contribution in [0.25, 0.3) is 10.6 Å². The van der Waals surface area contributed by atoms with E-state index in [4.69, 9.17) is 9.47 Å². The van der Waals surface area contributed by atoms with Crippen molar-refractivity contribution in [2.45, 2.75) is 19.9 Å². The molecule has 0 atom stereocenters. The van der Waals surface area contributed by atoms with Gasteiger partial charge in [-0.1, -0.05) is 12.1 Å². The molecule has 3 aromatic rings. The van der Waals surface area contributed by atoms with Crippen molar-refractivity contribution in [1.29, 1.82) is 0 Å². The first-order valence-corrected chi connectivity index (χ1v) is 9.78. The monoisotopic (exact) mass is 388 g/mol. The Balaban J connectivity index is 1.65. The van der Waals surface area contributed by atoms with Gasteiger partial charge in [-0.2, -0.15) is 0 Å². The molecule has 2 aromatic heterocycles. The Hall–Kier alpha value is -2.38. The predicted molar refractivity (Wildman–Crippen MR) is 105 cm³/mol. The van der Waals surface area contributed by atoms with Gasteiger partial charge in [0.05, 0.1) is 36.2 Å².